The molecule has 4 heteroatoms. The quantitative estimate of drug-likeness (QED) is 0.548. The molecular weight excluding hydrogens is 278 g/mol. The summed E-state index contributed by atoms with van der Waals surface area (Å²) in [5.41, 5.74) is 3.64. The van der Waals surface area contributed by atoms with Gasteiger partial charge in [-0.2, -0.15) is 0 Å². The minimum atomic E-state index is 0.754. The number of pyridine rings is 1. The average Bonchev–Trinajstić information content (AvgIpc) is 3.09. The highest BCUT2D eigenvalue weighted by atomic mass is 32.1. The van der Waals surface area contributed by atoms with Gasteiger partial charge in [-0.25, -0.2) is 9.97 Å². The first-order valence-electron chi connectivity index (χ1n) is 6.64. The third-order valence-corrected chi connectivity index (χ3v) is 4.11. The summed E-state index contributed by atoms with van der Waals surface area (Å²) in [7, 11) is 0. The summed E-state index contributed by atoms with van der Waals surface area (Å²) >= 11 is 1.64. The molecule has 0 aliphatic rings. The van der Waals surface area contributed by atoms with Gasteiger partial charge in [0.15, 0.2) is 5.82 Å². The van der Waals surface area contributed by atoms with Crippen LogP contribution in [0.3, 0.4) is 0 Å². The summed E-state index contributed by atoms with van der Waals surface area (Å²) in [6, 6.07) is 18.1. The topological polar surface area (TPSA) is 38.7 Å². The van der Waals surface area contributed by atoms with Gasteiger partial charge in [-0.05, 0) is 23.6 Å². The lowest BCUT2D eigenvalue weighted by atomic mass is 10.1. The fraction of sp³-hybridized carbons (Fsp3) is 0. The smallest absolute Gasteiger partial charge is 0.170 e. The largest absolute Gasteiger partial charge is 0.252 e. The first kappa shape index (κ1) is 12.2. The predicted octanol–water partition coefficient (Wildman–Crippen LogP) is 4.42. The van der Waals surface area contributed by atoms with Gasteiger partial charge in [0.1, 0.15) is 11.2 Å². The molecule has 3 aromatic heterocycles. The van der Waals surface area contributed by atoms with E-state index in [0.717, 1.165) is 33.0 Å². The van der Waals surface area contributed by atoms with Crippen molar-refractivity contribution in [1.82, 2.24) is 15.0 Å². The van der Waals surface area contributed by atoms with Crippen molar-refractivity contribution in [2.75, 3.05) is 0 Å². The van der Waals surface area contributed by atoms with E-state index in [2.05, 4.69) is 22.1 Å². The zero-order chi connectivity index (χ0) is 14.1. The average molecular weight is 289 g/mol. The normalized spacial score (nSPS) is 10.9. The van der Waals surface area contributed by atoms with Crippen LogP contribution in [-0.2, 0) is 0 Å². The van der Waals surface area contributed by atoms with E-state index in [9.17, 15) is 0 Å². The molecule has 0 N–H and O–H groups in total. The van der Waals surface area contributed by atoms with Crippen molar-refractivity contribution in [2.45, 2.75) is 0 Å². The van der Waals surface area contributed by atoms with Gasteiger partial charge in [0, 0.05) is 11.8 Å². The first-order valence-corrected chi connectivity index (χ1v) is 7.52. The van der Waals surface area contributed by atoms with Gasteiger partial charge >= 0.3 is 0 Å². The number of hydrogen-bond donors (Lipinski definition) is 0. The second-order valence-corrected chi connectivity index (χ2v) is 5.56. The highest BCUT2D eigenvalue weighted by Crippen LogP contribution is 2.29. The van der Waals surface area contributed by atoms with Crippen molar-refractivity contribution in [1.29, 1.82) is 0 Å². The second-order valence-electron chi connectivity index (χ2n) is 4.61. The fourth-order valence-corrected chi connectivity index (χ4v) is 2.94. The molecule has 0 aliphatic carbocycles. The number of fused-ring (bicyclic) bond motifs is 1. The number of thiophene rings is 1. The molecule has 0 saturated heterocycles. The predicted molar refractivity (Wildman–Crippen MR) is 86.1 cm³/mol. The molecule has 4 aromatic rings. The number of benzene rings is 1. The monoisotopic (exact) mass is 289 g/mol. The van der Waals surface area contributed by atoms with Gasteiger partial charge < -0.3 is 0 Å². The first-order chi connectivity index (χ1) is 10.4. The lowest BCUT2D eigenvalue weighted by Gasteiger charge is -2.07. The number of rotatable bonds is 2. The van der Waals surface area contributed by atoms with Crippen molar-refractivity contribution >= 4 is 22.4 Å². The third kappa shape index (κ3) is 2.19. The van der Waals surface area contributed by atoms with Crippen LogP contribution in [0.1, 0.15) is 0 Å². The van der Waals surface area contributed by atoms with Crippen LogP contribution in [0.2, 0.25) is 0 Å². The van der Waals surface area contributed by atoms with Gasteiger partial charge in [0.05, 0.1) is 10.4 Å². The third-order valence-electron chi connectivity index (χ3n) is 3.24. The van der Waals surface area contributed by atoms with E-state index in [1.54, 1.807) is 17.5 Å². The molecule has 3 heterocycles. The van der Waals surface area contributed by atoms with Crippen LogP contribution in [0.5, 0.6) is 0 Å². The zero-order valence-electron chi connectivity index (χ0n) is 11.1. The molecular formula is C17H11N3S. The Balaban J connectivity index is 2.04. The van der Waals surface area contributed by atoms with Crippen LogP contribution in [0, 0.1) is 0 Å². The van der Waals surface area contributed by atoms with E-state index in [-0.39, 0.29) is 0 Å². The molecule has 0 bridgehead atoms. The Morgan fingerprint density at radius 1 is 0.810 bits per heavy atom. The molecule has 0 saturated carbocycles. The summed E-state index contributed by atoms with van der Waals surface area (Å²) in [5.74, 6) is 0.754. The molecule has 0 fully saturated rings. The molecule has 21 heavy (non-hydrogen) atoms. The molecule has 4 rings (SSSR count). The Morgan fingerprint density at radius 2 is 1.71 bits per heavy atom. The van der Waals surface area contributed by atoms with Crippen LogP contribution in [0.15, 0.2) is 66.2 Å². The lowest BCUT2D eigenvalue weighted by Crippen LogP contribution is -1.95. The van der Waals surface area contributed by atoms with Crippen LogP contribution >= 0.6 is 11.3 Å². The Hall–Kier alpha value is -2.59. The lowest BCUT2D eigenvalue weighted by molar-refractivity contribution is 1.21. The molecule has 0 atom stereocenters. The minimum absolute atomic E-state index is 0.754. The SMILES string of the molecule is c1ccc(-c2nc(-c3cccs3)nc3cccnc23)cc1. The highest BCUT2D eigenvalue weighted by Gasteiger charge is 2.12. The van der Waals surface area contributed by atoms with Crippen LogP contribution < -0.4 is 0 Å². The second kappa shape index (κ2) is 5.07. The van der Waals surface area contributed by atoms with Gasteiger partial charge in [0.2, 0.25) is 0 Å². The Bertz CT molecular complexity index is 886. The maximum atomic E-state index is 4.75. The van der Waals surface area contributed by atoms with Crippen molar-refractivity contribution in [3.8, 4) is 22.0 Å². The Labute approximate surface area is 126 Å². The fourth-order valence-electron chi connectivity index (χ4n) is 2.28. The molecule has 100 valence electrons. The van der Waals surface area contributed by atoms with Crippen molar-refractivity contribution in [3.05, 3.63) is 66.2 Å². The van der Waals surface area contributed by atoms with Crippen molar-refractivity contribution in [2.24, 2.45) is 0 Å². The maximum absolute atomic E-state index is 4.75. The Kier molecular flexibility index (Phi) is 2.94. The maximum Gasteiger partial charge on any atom is 0.170 e. The van der Waals surface area contributed by atoms with E-state index in [4.69, 9.17) is 4.98 Å². The van der Waals surface area contributed by atoms with Gasteiger partial charge in [-0.15, -0.1) is 11.3 Å². The van der Waals surface area contributed by atoms with Crippen LogP contribution in [0.25, 0.3) is 33.0 Å². The van der Waals surface area contributed by atoms with Gasteiger partial charge in [-0.3, -0.25) is 4.98 Å². The molecule has 0 unspecified atom stereocenters. The van der Waals surface area contributed by atoms with E-state index in [1.165, 1.54) is 0 Å². The molecule has 0 amide bonds. The van der Waals surface area contributed by atoms with Gasteiger partial charge in [0.25, 0.3) is 0 Å². The zero-order valence-corrected chi connectivity index (χ0v) is 11.9. The summed E-state index contributed by atoms with van der Waals surface area (Å²) in [4.78, 5) is 14.9. The number of nitrogens with zero attached hydrogens (tertiary/aromatic N) is 3. The standard InChI is InChI=1S/C17H11N3S/c1-2-6-12(7-3-1)15-16-13(8-4-10-18-16)19-17(20-15)14-9-5-11-21-14/h1-11H. The van der Waals surface area contributed by atoms with Crippen LogP contribution in [-0.4, -0.2) is 15.0 Å². The van der Waals surface area contributed by atoms with E-state index >= 15 is 0 Å². The molecule has 0 spiro atoms. The Morgan fingerprint density at radius 3 is 2.52 bits per heavy atom. The summed E-state index contributed by atoms with van der Waals surface area (Å²) in [6.07, 6.45) is 1.78. The molecule has 3 nitrogen and oxygen atoms in total. The molecule has 0 radical (unpaired) electrons. The van der Waals surface area contributed by atoms with Crippen molar-refractivity contribution < 1.29 is 0 Å². The van der Waals surface area contributed by atoms with E-state index in [0.29, 0.717) is 0 Å². The summed E-state index contributed by atoms with van der Waals surface area (Å²) in [6.45, 7) is 0. The molecule has 0 aliphatic heterocycles. The number of aromatic nitrogens is 3. The summed E-state index contributed by atoms with van der Waals surface area (Å²) < 4.78 is 0. The minimum Gasteiger partial charge on any atom is -0.252 e. The van der Waals surface area contributed by atoms with E-state index in [1.807, 2.05) is 47.8 Å². The van der Waals surface area contributed by atoms with Crippen LogP contribution in [0.4, 0.5) is 0 Å². The summed E-state index contributed by atoms with van der Waals surface area (Å²) in [5, 5.41) is 2.04. The van der Waals surface area contributed by atoms with Gasteiger partial charge in [-0.1, -0.05) is 36.4 Å². The molecule has 1 aromatic carbocycles. The van der Waals surface area contributed by atoms with Crippen molar-refractivity contribution in [3.63, 3.8) is 0 Å². The highest BCUT2D eigenvalue weighted by molar-refractivity contribution is 7.13. The van der Waals surface area contributed by atoms with E-state index < -0.39 is 0 Å². The number of hydrogen-bond acceptors (Lipinski definition) is 4.